The molecule has 0 aromatic carbocycles. The molecular weight excluding hydrogens is 286 g/mol. The van der Waals surface area contributed by atoms with Crippen molar-refractivity contribution in [2.45, 2.75) is 33.2 Å². The predicted molar refractivity (Wildman–Crippen MR) is 82.1 cm³/mol. The summed E-state index contributed by atoms with van der Waals surface area (Å²) in [6, 6.07) is 3.98. The summed E-state index contributed by atoms with van der Waals surface area (Å²) in [6.45, 7) is 4.55. The van der Waals surface area contributed by atoms with Crippen LogP contribution >= 0.6 is 11.3 Å². The lowest BCUT2D eigenvalue weighted by molar-refractivity contribution is 0.534. The summed E-state index contributed by atoms with van der Waals surface area (Å²) in [7, 11) is 0. The molecule has 21 heavy (non-hydrogen) atoms. The number of nitrogen functional groups attached to an aromatic ring is 1. The first-order valence-corrected chi connectivity index (χ1v) is 7.75. The lowest BCUT2D eigenvalue weighted by Gasteiger charge is -2.03. The molecule has 0 saturated heterocycles. The Balaban J connectivity index is 1.89. The van der Waals surface area contributed by atoms with Crippen LogP contribution in [0.4, 0.5) is 5.82 Å². The lowest BCUT2D eigenvalue weighted by atomic mass is 10.2. The Labute approximate surface area is 126 Å². The molecule has 3 heterocycles. The van der Waals surface area contributed by atoms with E-state index in [-0.39, 0.29) is 0 Å². The average Bonchev–Trinajstić information content (AvgIpc) is 3.16. The lowest BCUT2D eigenvalue weighted by Crippen LogP contribution is -2.08. The number of nitrogens with zero attached hydrogens (tertiary/aromatic N) is 4. The van der Waals surface area contributed by atoms with Crippen LogP contribution in [0, 0.1) is 6.92 Å². The van der Waals surface area contributed by atoms with Crippen molar-refractivity contribution in [2.75, 3.05) is 5.73 Å². The van der Waals surface area contributed by atoms with Crippen LogP contribution < -0.4 is 5.73 Å². The van der Waals surface area contributed by atoms with Crippen molar-refractivity contribution in [2.24, 2.45) is 0 Å². The highest BCUT2D eigenvalue weighted by Crippen LogP contribution is 2.26. The van der Waals surface area contributed by atoms with Crippen molar-refractivity contribution in [3.05, 3.63) is 34.7 Å². The number of hydrogen-bond acceptors (Lipinski definition) is 6. The van der Waals surface area contributed by atoms with Gasteiger partial charge in [0.2, 0.25) is 5.89 Å². The number of aryl methyl sites for hydroxylation is 1. The van der Waals surface area contributed by atoms with Crippen molar-refractivity contribution in [3.8, 4) is 10.8 Å². The van der Waals surface area contributed by atoms with Gasteiger partial charge in [0.05, 0.1) is 17.1 Å². The molecule has 0 bridgehead atoms. The van der Waals surface area contributed by atoms with E-state index < -0.39 is 0 Å². The number of thiophene rings is 1. The molecule has 3 aromatic rings. The third kappa shape index (κ3) is 2.69. The standard InChI is InChI=1S/C14H17N5OS/c1-3-5-11-13(15)17-18-19(11)8-10-9(2)20-14(16-10)12-6-4-7-21-12/h4,6-7H,3,5,8,15H2,1-2H3. The quantitative estimate of drug-likeness (QED) is 0.783. The van der Waals surface area contributed by atoms with Crippen LogP contribution in [0.3, 0.4) is 0 Å². The Morgan fingerprint density at radius 3 is 3.00 bits per heavy atom. The summed E-state index contributed by atoms with van der Waals surface area (Å²) in [5.41, 5.74) is 7.68. The third-order valence-corrected chi connectivity index (χ3v) is 4.14. The number of anilines is 1. The fraction of sp³-hybridized carbons (Fsp3) is 0.357. The molecule has 0 amide bonds. The Bertz CT molecular complexity index is 729. The van der Waals surface area contributed by atoms with E-state index in [0.29, 0.717) is 18.3 Å². The highest BCUT2D eigenvalue weighted by molar-refractivity contribution is 7.13. The highest BCUT2D eigenvalue weighted by atomic mass is 32.1. The van der Waals surface area contributed by atoms with Crippen LogP contribution in [0.2, 0.25) is 0 Å². The van der Waals surface area contributed by atoms with E-state index >= 15 is 0 Å². The van der Waals surface area contributed by atoms with E-state index in [9.17, 15) is 0 Å². The molecule has 0 aliphatic carbocycles. The van der Waals surface area contributed by atoms with Crippen molar-refractivity contribution in [1.29, 1.82) is 0 Å². The summed E-state index contributed by atoms with van der Waals surface area (Å²) < 4.78 is 7.55. The van der Waals surface area contributed by atoms with Gasteiger partial charge in [-0.2, -0.15) is 0 Å². The smallest absolute Gasteiger partial charge is 0.236 e. The number of oxazole rings is 1. The van der Waals surface area contributed by atoms with E-state index in [1.54, 1.807) is 11.3 Å². The van der Waals surface area contributed by atoms with Crippen LogP contribution in [0.15, 0.2) is 21.9 Å². The first-order valence-electron chi connectivity index (χ1n) is 6.87. The van der Waals surface area contributed by atoms with E-state index in [1.165, 1.54) is 0 Å². The van der Waals surface area contributed by atoms with Gasteiger partial charge in [-0.25, -0.2) is 9.67 Å². The van der Waals surface area contributed by atoms with Crippen LogP contribution in [0.1, 0.15) is 30.5 Å². The van der Waals surface area contributed by atoms with Crippen LogP contribution in [-0.2, 0) is 13.0 Å². The number of aromatic nitrogens is 4. The monoisotopic (exact) mass is 303 g/mol. The molecule has 3 rings (SSSR count). The zero-order valence-corrected chi connectivity index (χ0v) is 12.9. The molecular formula is C14H17N5OS. The van der Waals surface area contributed by atoms with Crippen molar-refractivity contribution in [3.63, 3.8) is 0 Å². The van der Waals surface area contributed by atoms with Crippen molar-refractivity contribution < 1.29 is 4.42 Å². The number of nitrogens with two attached hydrogens (primary N) is 1. The minimum Gasteiger partial charge on any atom is -0.440 e. The Hall–Kier alpha value is -2.15. The van der Waals surface area contributed by atoms with Gasteiger partial charge >= 0.3 is 0 Å². The van der Waals surface area contributed by atoms with Gasteiger partial charge < -0.3 is 10.2 Å². The second-order valence-electron chi connectivity index (χ2n) is 4.83. The maximum Gasteiger partial charge on any atom is 0.236 e. The van der Waals surface area contributed by atoms with Crippen LogP contribution in [0.5, 0.6) is 0 Å². The molecule has 0 unspecified atom stereocenters. The van der Waals surface area contributed by atoms with Gasteiger partial charge in [0.25, 0.3) is 0 Å². The van der Waals surface area contributed by atoms with E-state index in [4.69, 9.17) is 10.2 Å². The van der Waals surface area contributed by atoms with Gasteiger partial charge in [0.1, 0.15) is 11.5 Å². The highest BCUT2D eigenvalue weighted by Gasteiger charge is 2.16. The summed E-state index contributed by atoms with van der Waals surface area (Å²) in [5.74, 6) is 1.95. The van der Waals surface area contributed by atoms with Crippen molar-refractivity contribution in [1.82, 2.24) is 20.0 Å². The molecule has 0 fully saturated rings. The molecule has 6 nitrogen and oxygen atoms in total. The molecule has 3 aromatic heterocycles. The van der Waals surface area contributed by atoms with Crippen molar-refractivity contribution >= 4 is 17.2 Å². The maximum atomic E-state index is 5.86. The molecule has 0 spiro atoms. The largest absolute Gasteiger partial charge is 0.440 e. The van der Waals surface area contributed by atoms with E-state index in [0.717, 1.165) is 34.9 Å². The zero-order chi connectivity index (χ0) is 14.8. The topological polar surface area (TPSA) is 82.8 Å². The van der Waals surface area contributed by atoms with Gasteiger partial charge in [0, 0.05) is 0 Å². The van der Waals surface area contributed by atoms with Gasteiger partial charge in [0.15, 0.2) is 5.82 Å². The van der Waals surface area contributed by atoms with Gasteiger partial charge in [-0.1, -0.05) is 24.6 Å². The molecule has 0 saturated carbocycles. The molecule has 0 aliphatic rings. The minimum absolute atomic E-state index is 0.497. The zero-order valence-electron chi connectivity index (χ0n) is 12.0. The van der Waals surface area contributed by atoms with Gasteiger partial charge in [-0.15, -0.1) is 16.4 Å². The van der Waals surface area contributed by atoms with Crippen LogP contribution in [-0.4, -0.2) is 20.0 Å². The molecule has 7 heteroatoms. The number of rotatable bonds is 5. The Kier molecular flexibility index (Phi) is 3.74. The fourth-order valence-corrected chi connectivity index (χ4v) is 2.84. The average molecular weight is 303 g/mol. The first-order chi connectivity index (χ1) is 10.2. The summed E-state index contributed by atoms with van der Waals surface area (Å²) in [5, 5.41) is 10.1. The first kappa shape index (κ1) is 13.8. The second kappa shape index (κ2) is 5.69. The maximum absolute atomic E-state index is 5.86. The molecule has 0 aliphatic heterocycles. The molecule has 110 valence electrons. The van der Waals surface area contributed by atoms with Gasteiger partial charge in [-0.05, 0) is 24.8 Å². The number of hydrogen-bond donors (Lipinski definition) is 1. The normalized spacial score (nSPS) is 11.1. The Morgan fingerprint density at radius 1 is 1.43 bits per heavy atom. The molecule has 0 radical (unpaired) electrons. The minimum atomic E-state index is 0.497. The fourth-order valence-electron chi connectivity index (χ4n) is 2.19. The Morgan fingerprint density at radius 2 is 2.29 bits per heavy atom. The summed E-state index contributed by atoms with van der Waals surface area (Å²) in [6.07, 6.45) is 1.85. The summed E-state index contributed by atoms with van der Waals surface area (Å²) >= 11 is 1.61. The molecule has 2 N–H and O–H groups in total. The second-order valence-corrected chi connectivity index (χ2v) is 5.78. The van der Waals surface area contributed by atoms with E-state index in [1.807, 2.05) is 29.1 Å². The SMILES string of the molecule is CCCc1c(N)nnn1Cc1nc(-c2cccs2)oc1C. The summed E-state index contributed by atoms with van der Waals surface area (Å²) in [4.78, 5) is 5.60. The predicted octanol–water partition coefficient (Wildman–Crippen LogP) is 2.89. The molecule has 0 atom stereocenters. The third-order valence-electron chi connectivity index (χ3n) is 3.28. The van der Waals surface area contributed by atoms with E-state index in [2.05, 4.69) is 22.2 Å². The van der Waals surface area contributed by atoms with Gasteiger partial charge in [-0.3, -0.25) is 0 Å². The van der Waals surface area contributed by atoms with Crippen LogP contribution in [0.25, 0.3) is 10.8 Å².